The molecule has 0 radical (unpaired) electrons. The summed E-state index contributed by atoms with van der Waals surface area (Å²) in [5.74, 6) is 0. The largest absolute Gasteiger partial charge is 0.283 e. The highest BCUT2D eigenvalue weighted by Gasteiger charge is 1.77. The molecule has 0 rings (SSSR count). The third-order valence-electron chi connectivity index (χ3n) is 0.201. The molecule has 0 aromatic rings. The summed E-state index contributed by atoms with van der Waals surface area (Å²) < 4.78 is 0. The van der Waals surface area contributed by atoms with Gasteiger partial charge in [-0.3, -0.25) is 4.79 Å². The maximum atomic E-state index is 9.74. The molecular formula is C2H5OPS. The predicted molar refractivity (Wildman–Crippen MR) is 28.6 cm³/mol. The molecule has 0 saturated carbocycles. The van der Waals surface area contributed by atoms with E-state index in [-0.39, 0.29) is 4.86 Å². The van der Waals surface area contributed by atoms with Crippen LogP contribution >= 0.6 is 21.0 Å². The molecule has 0 heterocycles. The van der Waals surface area contributed by atoms with Crippen molar-refractivity contribution in [3.8, 4) is 0 Å². The molecule has 5 heavy (non-hydrogen) atoms. The summed E-state index contributed by atoms with van der Waals surface area (Å²) in [4.78, 5) is 9.83. The minimum absolute atomic E-state index is 0.0880. The molecule has 1 unspecified atom stereocenters. The number of carbonyl (C=O) groups is 1. The van der Waals surface area contributed by atoms with E-state index in [4.69, 9.17) is 0 Å². The van der Waals surface area contributed by atoms with Crippen molar-refractivity contribution in [2.24, 2.45) is 0 Å². The van der Waals surface area contributed by atoms with E-state index in [1.807, 2.05) is 0 Å². The Kier molecular flexibility index (Phi) is 2.92. The lowest BCUT2D eigenvalue weighted by molar-refractivity contribution is 0.276. The van der Waals surface area contributed by atoms with E-state index in [1.165, 1.54) is 11.8 Å². The maximum absolute atomic E-state index is 9.74. The summed E-state index contributed by atoms with van der Waals surface area (Å²) >= 11 is 1.20. The van der Waals surface area contributed by atoms with Crippen molar-refractivity contribution < 1.29 is 4.79 Å². The molecule has 0 aliphatic rings. The van der Waals surface area contributed by atoms with E-state index >= 15 is 0 Å². The first-order valence-corrected chi connectivity index (χ1v) is 2.91. The number of rotatable bonds is 0. The van der Waals surface area contributed by atoms with Crippen LogP contribution in [0.4, 0.5) is 4.79 Å². The van der Waals surface area contributed by atoms with Crippen molar-refractivity contribution in [3.63, 3.8) is 0 Å². The van der Waals surface area contributed by atoms with E-state index in [0.717, 1.165) is 0 Å². The van der Waals surface area contributed by atoms with Gasteiger partial charge in [0.15, 0.2) is 0 Å². The van der Waals surface area contributed by atoms with Gasteiger partial charge in [0.25, 0.3) is 0 Å². The molecule has 1 atom stereocenters. The molecule has 0 bridgehead atoms. The van der Waals surface area contributed by atoms with Gasteiger partial charge in [-0.15, -0.1) is 0 Å². The van der Waals surface area contributed by atoms with Gasteiger partial charge in [0, 0.05) is 0 Å². The summed E-state index contributed by atoms with van der Waals surface area (Å²) in [6.07, 6.45) is 1.75. The Morgan fingerprint density at radius 1 is 2.00 bits per heavy atom. The molecule has 3 heteroatoms. The number of carbonyl (C=O) groups excluding carboxylic acids is 1. The molecule has 0 aromatic carbocycles. The van der Waals surface area contributed by atoms with Crippen LogP contribution in [0.15, 0.2) is 0 Å². The van der Waals surface area contributed by atoms with Crippen LogP contribution in [0, 0.1) is 0 Å². The van der Waals surface area contributed by atoms with E-state index in [0.29, 0.717) is 0 Å². The zero-order chi connectivity index (χ0) is 4.28. The van der Waals surface area contributed by atoms with Gasteiger partial charge in [0.1, 0.15) is 0 Å². The third-order valence-corrected chi connectivity index (χ3v) is 1.31. The summed E-state index contributed by atoms with van der Waals surface area (Å²) in [5.41, 5.74) is 0. The second-order valence-corrected chi connectivity index (χ2v) is 2.28. The zero-order valence-corrected chi connectivity index (χ0v) is 4.87. The van der Waals surface area contributed by atoms with Gasteiger partial charge >= 0.3 is 0 Å². The summed E-state index contributed by atoms with van der Waals surface area (Å²) in [7, 11) is 2.06. The SMILES string of the molecule is CSC(=O)P. The van der Waals surface area contributed by atoms with Gasteiger partial charge < -0.3 is 0 Å². The van der Waals surface area contributed by atoms with E-state index in [1.54, 1.807) is 6.26 Å². The fourth-order valence-corrected chi connectivity index (χ4v) is 0. The molecule has 0 amide bonds. The van der Waals surface area contributed by atoms with Gasteiger partial charge in [-0.1, -0.05) is 21.0 Å². The van der Waals surface area contributed by atoms with Crippen LogP contribution in [-0.2, 0) is 0 Å². The first kappa shape index (κ1) is 5.45. The van der Waals surface area contributed by atoms with Crippen molar-refractivity contribution in [2.75, 3.05) is 6.26 Å². The van der Waals surface area contributed by atoms with Crippen LogP contribution < -0.4 is 0 Å². The Morgan fingerprint density at radius 2 is 2.20 bits per heavy atom. The molecule has 0 aromatic heterocycles. The quantitative estimate of drug-likeness (QED) is 0.435. The van der Waals surface area contributed by atoms with Crippen LogP contribution in [0.5, 0.6) is 0 Å². The summed E-state index contributed by atoms with van der Waals surface area (Å²) in [5, 5.41) is 0. The third kappa shape index (κ3) is 4.45. The lowest BCUT2D eigenvalue weighted by Crippen LogP contribution is -1.59. The highest BCUT2D eigenvalue weighted by molar-refractivity contribution is 8.20. The standard InChI is InChI=1S/C2H5OPS/c1-5-2(3)4/h4H2,1H3. The average Bonchev–Trinajstić information content (AvgIpc) is 1.38. The molecule has 0 aliphatic carbocycles. The predicted octanol–water partition coefficient (Wildman–Crippen LogP) is 1.34. The monoisotopic (exact) mass is 108 g/mol. The fraction of sp³-hybridized carbons (Fsp3) is 0.500. The van der Waals surface area contributed by atoms with Crippen LogP contribution in [-0.4, -0.2) is 11.1 Å². The highest BCUT2D eigenvalue weighted by atomic mass is 32.2. The van der Waals surface area contributed by atoms with E-state index in [2.05, 4.69) is 9.24 Å². The first-order chi connectivity index (χ1) is 2.27. The number of thioether (sulfide) groups is 1. The smallest absolute Gasteiger partial charge is 0.203 e. The maximum Gasteiger partial charge on any atom is 0.203 e. The van der Waals surface area contributed by atoms with Crippen LogP contribution in [0.25, 0.3) is 0 Å². The molecule has 30 valence electrons. The second-order valence-electron chi connectivity index (χ2n) is 0.523. The zero-order valence-electron chi connectivity index (χ0n) is 2.89. The Hall–Kier alpha value is 0.450. The Balaban J connectivity index is 2.85. The van der Waals surface area contributed by atoms with Gasteiger partial charge in [0.2, 0.25) is 4.86 Å². The normalized spacial score (nSPS) is 7.60. The molecular weight excluding hydrogens is 103 g/mol. The molecule has 0 spiro atoms. The Bertz CT molecular complexity index is 44.9. The first-order valence-electron chi connectivity index (χ1n) is 1.11. The van der Waals surface area contributed by atoms with Crippen LogP contribution in [0.3, 0.4) is 0 Å². The Labute approximate surface area is 37.7 Å². The van der Waals surface area contributed by atoms with Crippen molar-refractivity contribution in [2.45, 2.75) is 0 Å². The molecule has 0 N–H and O–H groups in total. The van der Waals surface area contributed by atoms with Crippen molar-refractivity contribution >= 4 is 25.9 Å². The van der Waals surface area contributed by atoms with Crippen molar-refractivity contribution in [1.29, 1.82) is 0 Å². The highest BCUT2D eigenvalue weighted by Crippen LogP contribution is 2.01. The van der Waals surface area contributed by atoms with Gasteiger partial charge in [-0.25, -0.2) is 0 Å². The minimum Gasteiger partial charge on any atom is -0.283 e. The Morgan fingerprint density at radius 3 is 2.20 bits per heavy atom. The number of hydrogen-bond donors (Lipinski definition) is 0. The lowest BCUT2D eigenvalue weighted by atomic mass is 11.8. The molecule has 0 aliphatic heterocycles. The van der Waals surface area contributed by atoms with Crippen molar-refractivity contribution in [3.05, 3.63) is 0 Å². The van der Waals surface area contributed by atoms with E-state index < -0.39 is 0 Å². The van der Waals surface area contributed by atoms with Crippen molar-refractivity contribution in [1.82, 2.24) is 0 Å². The van der Waals surface area contributed by atoms with Gasteiger partial charge in [0.05, 0.1) is 0 Å². The van der Waals surface area contributed by atoms with Gasteiger partial charge in [-0.05, 0) is 6.26 Å². The molecule has 0 saturated heterocycles. The van der Waals surface area contributed by atoms with E-state index in [9.17, 15) is 4.79 Å². The van der Waals surface area contributed by atoms with Crippen LogP contribution in [0.1, 0.15) is 0 Å². The average molecular weight is 108 g/mol. The van der Waals surface area contributed by atoms with Gasteiger partial charge in [-0.2, -0.15) is 0 Å². The molecule has 0 fully saturated rings. The summed E-state index contributed by atoms with van der Waals surface area (Å²) in [6, 6.07) is 0. The summed E-state index contributed by atoms with van der Waals surface area (Å²) in [6.45, 7) is 0. The fourth-order valence-electron chi connectivity index (χ4n) is 0. The van der Waals surface area contributed by atoms with Crippen LogP contribution in [0.2, 0.25) is 0 Å². The molecule has 1 nitrogen and oxygen atoms in total. The lowest BCUT2D eigenvalue weighted by Gasteiger charge is -1.71. The minimum atomic E-state index is 0.0880. The topological polar surface area (TPSA) is 17.1 Å². The second kappa shape index (κ2) is 2.67. The number of hydrogen-bond acceptors (Lipinski definition) is 2.